The van der Waals surface area contributed by atoms with Crippen molar-refractivity contribution in [3.63, 3.8) is 0 Å². The number of rotatable bonds is 5. The number of benzene rings is 1. The number of carbonyl (C=O) groups is 1. The quantitative estimate of drug-likeness (QED) is 0.845. The van der Waals surface area contributed by atoms with E-state index in [9.17, 15) is 18.0 Å². The maximum Gasteiger partial charge on any atom is 0.418 e. The molecule has 0 bridgehead atoms. The molecule has 0 aliphatic heterocycles. The fourth-order valence-electron chi connectivity index (χ4n) is 2.28. The highest BCUT2D eigenvalue weighted by molar-refractivity contribution is 5.95. The molecule has 0 radical (unpaired) electrons. The van der Waals surface area contributed by atoms with Crippen LogP contribution in [0.1, 0.15) is 42.1 Å². The fraction of sp³-hybridized carbons (Fsp3) is 0.533. The zero-order valence-corrected chi connectivity index (χ0v) is 11.9. The summed E-state index contributed by atoms with van der Waals surface area (Å²) in [5, 5.41) is 0. The summed E-state index contributed by atoms with van der Waals surface area (Å²) in [5.41, 5.74) is 4.10. The van der Waals surface area contributed by atoms with Crippen LogP contribution in [0.5, 0.6) is 0 Å². The number of halogens is 3. The molecule has 1 aliphatic carbocycles. The molecule has 0 unspecified atom stereocenters. The van der Waals surface area contributed by atoms with Gasteiger partial charge in [-0.15, -0.1) is 0 Å². The lowest BCUT2D eigenvalue weighted by molar-refractivity contribution is -0.136. The molecule has 21 heavy (non-hydrogen) atoms. The second-order valence-corrected chi connectivity index (χ2v) is 5.49. The number of alkyl halides is 3. The van der Waals surface area contributed by atoms with Crippen molar-refractivity contribution < 1.29 is 18.0 Å². The number of nitrogens with zero attached hydrogens (tertiary/aromatic N) is 1. The zero-order chi connectivity index (χ0) is 15.6. The van der Waals surface area contributed by atoms with E-state index >= 15 is 0 Å². The van der Waals surface area contributed by atoms with Crippen molar-refractivity contribution in [2.24, 2.45) is 5.92 Å². The van der Waals surface area contributed by atoms with Crippen molar-refractivity contribution in [3.05, 3.63) is 29.3 Å². The average Bonchev–Trinajstić information content (AvgIpc) is 3.20. The molecule has 0 heterocycles. The maximum absolute atomic E-state index is 12.9. The third-order valence-corrected chi connectivity index (χ3v) is 3.56. The topological polar surface area (TPSA) is 46.3 Å². The first kappa shape index (κ1) is 15.7. The summed E-state index contributed by atoms with van der Waals surface area (Å²) in [5.74, 6) is 0.144. The molecule has 1 amide bonds. The van der Waals surface area contributed by atoms with E-state index in [1.54, 1.807) is 4.90 Å². The van der Waals surface area contributed by atoms with Crippen LogP contribution in [0.3, 0.4) is 0 Å². The van der Waals surface area contributed by atoms with Gasteiger partial charge in [0.2, 0.25) is 0 Å². The van der Waals surface area contributed by atoms with Crippen molar-refractivity contribution in [2.45, 2.75) is 32.4 Å². The van der Waals surface area contributed by atoms with Gasteiger partial charge in [0.25, 0.3) is 5.91 Å². The van der Waals surface area contributed by atoms with Crippen LogP contribution in [0.4, 0.5) is 18.9 Å². The first-order valence-electron chi connectivity index (χ1n) is 7.09. The summed E-state index contributed by atoms with van der Waals surface area (Å²) in [6, 6.07) is 3.37. The van der Waals surface area contributed by atoms with Gasteiger partial charge in [0.05, 0.1) is 5.56 Å². The minimum atomic E-state index is -4.55. The lowest BCUT2D eigenvalue weighted by Gasteiger charge is -2.22. The van der Waals surface area contributed by atoms with Crippen LogP contribution >= 0.6 is 0 Å². The van der Waals surface area contributed by atoms with E-state index in [-0.39, 0.29) is 17.2 Å². The molecule has 0 saturated heterocycles. The Hall–Kier alpha value is -1.72. The van der Waals surface area contributed by atoms with Crippen molar-refractivity contribution in [3.8, 4) is 0 Å². The molecule has 116 valence electrons. The van der Waals surface area contributed by atoms with E-state index in [1.807, 2.05) is 6.92 Å². The van der Waals surface area contributed by atoms with Crippen molar-refractivity contribution in [1.29, 1.82) is 0 Å². The summed E-state index contributed by atoms with van der Waals surface area (Å²) < 4.78 is 38.6. The molecule has 3 nitrogen and oxygen atoms in total. The Balaban J connectivity index is 2.24. The second kappa shape index (κ2) is 5.95. The van der Waals surface area contributed by atoms with Gasteiger partial charge in [-0.2, -0.15) is 13.2 Å². The third kappa shape index (κ3) is 3.89. The van der Waals surface area contributed by atoms with Crippen LogP contribution in [0.2, 0.25) is 0 Å². The van der Waals surface area contributed by atoms with Gasteiger partial charge in [0.1, 0.15) is 0 Å². The van der Waals surface area contributed by atoms with E-state index in [4.69, 9.17) is 5.73 Å². The smallest absolute Gasteiger partial charge is 0.398 e. The molecule has 1 aromatic carbocycles. The average molecular weight is 300 g/mol. The number of anilines is 1. The molecule has 0 aromatic heterocycles. The van der Waals surface area contributed by atoms with Crippen molar-refractivity contribution >= 4 is 11.6 Å². The molecular weight excluding hydrogens is 281 g/mol. The monoisotopic (exact) mass is 300 g/mol. The summed E-state index contributed by atoms with van der Waals surface area (Å²) >= 11 is 0. The van der Waals surface area contributed by atoms with Gasteiger partial charge >= 0.3 is 6.18 Å². The Bertz CT molecular complexity index is 524. The van der Waals surface area contributed by atoms with Gasteiger partial charge in [0, 0.05) is 24.3 Å². The Morgan fingerprint density at radius 1 is 1.38 bits per heavy atom. The van der Waals surface area contributed by atoms with Crippen LogP contribution in [0.25, 0.3) is 0 Å². The minimum absolute atomic E-state index is 0.0469. The van der Waals surface area contributed by atoms with Gasteiger partial charge < -0.3 is 10.6 Å². The first-order valence-corrected chi connectivity index (χ1v) is 7.09. The number of amides is 1. The van der Waals surface area contributed by atoms with Crippen LogP contribution in [0, 0.1) is 5.92 Å². The maximum atomic E-state index is 12.9. The molecular formula is C15H19F3N2O. The molecule has 0 atom stereocenters. The molecule has 2 rings (SSSR count). The first-order chi connectivity index (χ1) is 9.82. The summed E-state index contributed by atoms with van der Waals surface area (Å²) in [6.45, 7) is 3.12. The molecule has 2 N–H and O–H groups in total. The number of nitrogen functional groups attached to an aromatic ring is 1. The van der Waals surface area contributed by atoms with E-state index in [1.165, 1.54) is 6.07 Å². The molecule has 1 aliphatic rings. The third-order valence-electron chi connectivity index (χ3n) is 3.56. The summed E-state index contributed by atoms with van der Waals surface area (Å²) in [6.07, 6.45) is -1.60. The van der Waals surface area contributed by atoms with Crippen LogP contribution in [0.15, 0.2) is 18.2 Å². The Morgan fingerprint density at radius 3 is 2.57 bits per heavy atom. The lowest BCUT2D eigenvalue weighted by atomic mass is 10.1. The molecule has 1 saturated carbocycles. The molecule has 6 heteroatoms. The minimum Gasteiger partial charge on any atom is -0.398 e. The second-order valence-electron chi connectivity index (χ2n) is 5.49. The number of hydrogen-bond donors (Lipinski definition) is 1. The van der Waals surface area contributed by atoms with Crippen molar-refractivity contribution in [2.75, 3.05) is 18.8 Å². The van der Waals surface area contributed by atoms with Gasteiger partial charge in [0.15, 0.2) is 0 Å². The van der Waals surface area contributed by atoms with Gasteiger partial charge in [-0.1, -0.05) is 6.92 Å². The summed E-state index contributed by atoms with van der Waals surface area (Å²) in [4.78, 5) is 14.0. The predicted octanol–water partition coefficient (Wildman–Crippen LogP) is 3.55. The Kier molecular flexibility index (Phi) is 4.44. The van der Waals surface area contributed by atoms with E-state index in [0.717, 1.165) is 31.4 Å². The Morgan fingerprint density at radius 2 is 2.05 bits per heavy atom. The Labute approximate surface area is 121 Å². The van der Waals surface area contributed by atoms with E-state index in [2.05, 4.69) is 0 Å². The number of carbonyl (C=O) groups excluding carboxylic acids is 1. The molecule has 1 fully saturated rings. The van der Waals surface area contributed by atoms with Crippen molar-refractivity contribution in [1.82, 2.24) is 4.90 Å². The van der Waals surface area contributed by atoms with Crippen LogP contribution < -0.4 is 5.73 Å². The zero-order valence-electron chi connectivity index (χ0n) is 11.9. The highest BCUT2D eigenvalue weighted by atomic mass is 19.4. The largest absolute Gasteiger partial charge is 0.418 e. The number of nitrogens with two attached hydrogens (primary N) is 1. The summed E-state index contributed by atoms with van der Waals surface area (Å²) in [7, 11) is 0. The van der Waals surface area contributed by atoms with Crippen LogP contribution in [-0.2, 0) is 6.18 Å². The predicted molar refractivity (Wildman–Crippen MR) is 74.8 cm³/mol. The SMILES string of the molecule is CCCN(CC1CC1)C(=O)c1ccc(N)c(C(F)(F)F)c1. The van der Waals surface area contributed by atoms with Crippen LogP contribution in [-0.4, -0.2) is 23.9 Å². The van der Waals surface area contributed by atoms with Gasteiger partial charge in [-0.05, 0) is 43.4 Å². The van der Waals surface area contributed by atoms with E-state index < -0.39 is 11.7 Å². The fourth-order valence-corrected chi connectivity index (χ4v) is 2.28. The lowest BCUT2D eigenvalue weighted by Crippen LogP contribution is -2.33. The normalized spacial score (nSPS) is 15.0. The number of hydrogen-bond acceptors (Lipinski definition) is 2. The standard InChI is InChI=1S/C15H19F3N2O/c1-2-7-20(9-10-3-4-10)14(21)11-5-6-13(19)12(8-11)15(16,17)18/h5-6,8,10H,2-4,7,9,19H2,1H3. The van der Waals surface area contributed by atoms with Gasteiger partial charge in [-0.3, -0.25) is 4.79 Å². The highest BCUT2D eigenvalue weighted by Crippen LogP contribution is 2.35. The van der Waals surface area contributed by atoms with E-state index in [0.29, 0.717) is 19.0 Å². The van der Waals surface area contributed by atoms with Gasteiger partial charge in [-0.25, -0.2) is 0 Å². The molecule has 1 aromatic rings. The highest BCUT2D eigenvalue weighted by Gasteiger charge is 2.34. The molecule has 0 spiro atoms.